The maximum Gasteiger partial charge on any atom is 0.329 e. The maximum atomic E-state index is 12.5. The van der Waals surface area contributed by atoms with Crippen LogP contribution >= 0.6 is 0 Å². The van der Waals surface area contributed by atoms with Crippen molar-refractivity contribution in [3.63, 3.8) is 0 Å². The summed E-state index contributed by atoms with van der Waals surface area (Å²) in [5.74, 6) is -1.78. The highest BCUT2D eigenvalue weighted by molar-refractivity contribution is 5.97. The number of aryl methyl sites for hydroxylation is 2. The summed E-state index contributed by atoms with van der Waals surface area (Å²) in [7, 11) is 0. The smallest absolute Gasteiger partial charge is 0.329 e. The Balaban J connectivity index is 2.00. The third-order valence-electron chi connectivity index (χ3n) is 4.27. The van der Waals surface area contributed by atoms with Gasteiger partial charge >= 0.3 is 5.97 Å². The van der Waals surface area contributed by atoms with Gasteiger partial charge in [-0.15, -0.1) is 0 Å². The second kappa shape index (κ2) is 9.21. The largest absolute Gasteiger partial charge is 0.459 e. The fourth-order valence-electron chi connectivity index (χ4n) is 2.52. The lowest BCUT2D eigenvalue weighted by Crippen LogP contribution is -2.47. The number of rotatable bonds is 7. The van der Waals surface area contributed by atoms with E-state index < -0.39 is 29.9 Å². The average Bonchev–Trinajstić information content (AvgIpc) is 3.16. The number of carbonyl (C=O) groups is 3. The summed E-state index contributed by atoms with van der Waals surface area (Å²) in [6.45, 7) is 8.84. The molecular formula is C21H26N2O5. The zero-order chi connectivity index (χ0) is 20.8. The van der Waals surface area contributed by atoms with Gasteiger partial charge in [0.15, 0.2) is 11.9 Å². The lowest BCUT2D eigenvalue weighted by molar-refractivity contribution is -0.156. The summed E-state index contributed by atoms with van der Waals surface area (Å²) in [5.41, 5.74) is 2.58. The van der Waals surface area contributed by atoms with Gasteiger partial charge in [0.05, 0.1) is 6.26 Å². The maximum absolute atomic E-state index is 12.5. The van der Waals surface area contributed by atoms with Crippen molar-refractivity contribution in [2.45, 2.75) is 46.8 Å². The van der Waals surface area contributed by atoms with Crippen LogP contribution in [0.2, 0.25) is 0 Å². The summed E-state index contributed by atoms with van der Waals surface area (Å²) in [6.07, 6.45) is 0.353. The molecule has 7 nitrogen and oxygen atoms in total. The fraction of sp³-hybridized carbons (Fsp3) is 0.381. The van der Waals surface area contributed by atoms with Gasteiger partial charge in [-0.2, -0.15) is 0 Å². The summed E-state index contributed by atoms with van der Waals surface area (Å²) in [6, 6.07) is 7.87. The van der Waals surface area contributed by atoms with Crippen LogP contribution in [0.1, 0.15) is 42.5 Å². The second-order valence-corrected chi connectivity index (χ2v) is 7.06. The van der Waals surface area contributed by atoms with Gasteiger partial charge in [-0.3, -0.25) is 9.59 Å². The van der Waals surface area contributed by atoms with E-state index in [2.05, 4.69) is 10.6 Å². The number of anilines is 1. The van der Waals surface area contributed by atoms with Crippen LogP contribution in [0.3, 0.4) is 0 Å². The van der Waals surface area contributed by atoms with Crippen LogP contribution in [0.15, 0.2) is 41.0 Å². The van der Waals surface area contributed by atoms with Crippen molar-refractivity contribution in [1.82, 2.24) is 5.32 Å². The molecule has 0 aliphatic rings. The molecule has 0 unspecified atom stereocenters. The van der Waals surface area contributed by atoms with E-state index in [1.54, 1.807) is 19.9 Å². The molecule has 0 saturated heterocycles. The number of hydrogen-bond acceptors (Lipinski definition) is 5. The van der Waals surface area contributed by atoms with E-state index in [-0.39, 0.29) is 11.7 Å². The van der Waals surface area contributed by atoms with Crippen molar-refractivity contribution in [3.05, 3.63) is 53.5 Å². The Bertz CT molecular complexity index is 842. The Morgan fingerprint density at radius 2 is 1.79 bits per heavy atom. The highest BCUT2D eigenvalue weighted by Crippen LogP contribution is 2.17. The monoisotopic (exact) mass is 386 g/mol. The van der Waals surface area contributed by atoms with Crippen molar-refractivity contribution >= 4 is 23.5 Å². The highest BCUT2D eigenvalue weighted by Gasteiger charge is 2.30. The van der Waals surface area contributed by atoms with E-state index in [9.17, 15) is 14.4 Å². The Labute approximate surface area is 164 Å². The minimum atomic E-state index is -1.02. The topological polar surface area (TPSA) is 97.6 Å². The van der Waals surface area contributed by atoms with E-state index in [0.29, 0.717) is 5.69 Å². The van der Waals surface area contributed by atoms with Crippen LogP contribution < -0.4 is 10.6 Å². The molecule has 1 heterocycles. The van der Waals surface area contributed by atoms with E-state index in [1.807, 2.05) is 32.0 Å². The normalized spacial score (nSPS) is 12.9. The first-order chi connectivity index (χ1) is 13.2. The fourth-order valence-corrected chi connectivity index (χ4v) is 2.52. The third-order valence-corrected chi connectivity index (χ3v) is 4.27. The van der Waals surface area contributed by atoms with Crippen LogP contribution in [-0.4, -0.2) is 29.9 Å². The summed E-state index contributed by atoms with van der Waals surface area (Å²) in [5, 5.41) is 5.36. The predicted octanol–water partition coefficient (Wildman–Crippen LogP) is 3.22. The number of benzene rings is 1. The van der Waals surface area contributed by atoms with Crippen molar-refractivity contribution in [2.75, 3.05) is 5.32 Å². The first-order valence-corrected chi connectivity index (χ1v) is 9.12. The van der Waals surface area contributed by atoms with E-state index in [1.165, 1.54) is 19.3 Å². The SMILES string of the molecule is Cc1ccc(C)c(NC(=O)[C@H](C)OC(=O)[C@@H](NC(=O)c2ccco2)C(C)C)c1. The molecule has 2 amide bonds. The molecule has 2 N–H and O–H groups in total. The van der Waals surface area contributed by atoms with Crippen LogP contribution in [0.25, 0.3) is 0 Å². The van der Waals surface area contributed by atoms with Gasteiger partial charge in [0.25, 0.3) is 11.8 Å². The number of furan rings is 1. The third kappa shape index (κ3) is 5.45. The van der Waals surface area contributed by atoms with Crippen molar-refractivity contribution in [3.8, 4) is 0 Å². The molecular weight excluding hydrogens is 360 g/mol. The van der Waals surface area contributed by atoms with Gasteiger partial charge in [0.2, 0.25) is 0 Å². The summed E-state index contributed by atoms with van der Waals surface area (Å²) >= 11 is 0. The summed E-state index contributed by atoms with van der Waals surface area (Å²) < 4.78 is 10.3. The zero-order valence-electron chi connectivity index (χ0n) is 16.7. The predicted molar refractivity (Wildman–Crippen MR) is 105 cm³/mol. The molecule has 2 rings (SSSR count). The highest BCUT2D eigenvalue weighted by atomic mass is 16.5. The lowest BCUT2D eigenvalue weighted by atomic mass is 10.0. The van der Waals surface area contributed by atoms with Crippen LogP contribution in [0.4, 0.5) is 5.69 Å². The average molecular weight is 386 g/mol. The van der Waals surface area contributed by atoms with Crippen molar-refractivity contribution < 1.29 is 23.5 Å². The Kier molecular flexibility index (Phi) is 6.98. The molecule has 1 aromatic carbocycles. The van der Waals surface area contributed by atoms with Gasteiger partial charge in [-0.05, 0) is 56.0 Å². The van der Waals surface area contributed by atoms with Gasteiger partial charge < -0.3 is 19.8 Å². The van der Waals surface area contributed by atoms with E-state index in [4.69, 9.17) is 9.15 Å². The van der Waals surface area contributed by atoms with Crippen molar-refractivity contribution in [1.29, 1.82) is 0 Å². The molecule has 150 valence electrons. The van der Waals surface area contributed by atoms with Crippen LogP contribution in [0.5, 0.6) is 0 Å². The molecule has 0 fully saturated rings. The summed E-state index contributed by atoms with van der Waals surface area (Å²) in [4.78, 5) is 37.1. The number of nitrogens with one attached hydrogen (secondary N) is 2. The molecule has 28 heavy (non-hydrogen) atoms. The van der Waals surface area contributed by atoms with Gasteiger partial charge in [-0.1, -0.05) is 26.0 Å². The number of esters is 1. The number of amides is 2. The Hall–Kier alpha value is -3.09. The number of carbonyl (C=O) groups excluding carboxylic acids is 3. The minimum absolute atomic E-state index is 0.0964. The lowest BCUT2D eigenvalue weighted by Gasteiger charge is -2.22. The standard InChI is InChI=1S/C21H26N2O5/c1-12(2)18(23-20(25)17-7-6-10-27-17)21(26)28-15(5)19(24)22-16-11-13(3)8-9-14(16)4/h6-12,15,18H,1-5H3,(H,22,24)(H,23,25)/t15-,18-/m0/s1. The molecule has 0 bridgehead atoms. The second-order valence-electron chi connectivity index (χ2n) is 7.06. The Morgan fingerprint density at radius 1 is 1.07 bits per heavy atom. The molecule has 2 aromatic rings. The molecule has 7 heteroatoms. The molecule has 0 aliphatic carbocycles. The molecule has 2 atom stereocenters. The van der Waals surface area contributed by atoms with E-state index in [0.717, 1.165) is 11.1 Å². The molecule has 0 aliphatic heterocycles. The zero-order valence-corrected chi connectivity index (χ0v) is 16.7. The minimum Gasteiger partial charge on any atom is -0.459 e. The first kappa shape index (κ1) is 21.2. The number of ether oxygens (including phenoxy) is 1. The Morgan fingerprint density at radius 3 is 2.39 bits per heavy atom. The molecule has 0 radical (unpaired) electrons. The van der Waals surface area contributed by atoms with E-state index >= 15 is 0 Å². The van der Waals surface area contributed by atoms with Gasteiger partial charge in [0, 0.05) is 5.69 Å². The first-order valence-electron chi connectivity index (χ1n) is 9.12. The van der Waals surface area contributed by atoms with Crippen molar-refractivity contribution in [2.24, 2.45) is 5.92 Å². The van der Waals surface area contributed by atoms with Crippen LogP contribution in [0, 0.1) is 19.8 Å². The van der Waals surface area contributed by atoms with Gasteiger partial charge in [0.1, 0.15) is 6.04 Å². The molecule has 1 aromatic heterocycles. The van der Waals surface area contributed by atoms with Gasteiger partial charge in [-0.25, -0.2) is 4.79 Å². The number of hydrogen-bond donors (Lipinski definition) is 2. The van der Waals surface area contributed by atoms with Crippen LogP contribution in [-0.2, 0) is 14.3 Å². The quantitative estimate of drug-likeness (QED) is 0.712. The molecule has 0 saturated carbocycles. The molecule has 0 spiro atoms.